The standard InChI is InChI=1S/C48H73NO16S/c1-15-34-47(11)39(63-44(66)64-47)29(6)48(53)25(2)22-46(10,65-48)38(61-42-37(58-31(8)50)33(49(12)13)21-26(3)56-42)27(4)36(28(5)41(51)59-34)60-35-23-45(9,54-14)40(30(7)57-35)62-43(52)55-24-32-19-17-16-18-20-32/h16-20,25-30,33-40,42,53H,15,21-24H2,1-14H3/t25-,26-,27+,28-,29+,30+,33+,34+,35+,36-,37-,38-,39-,40+,42+,45-,46+,47-,48+/m1/s1. The molecule has 0 aromatic heterocycles. The first-order chi connectivity index (χ1) is 30.9. The molecule has 1 aromatic rings. The number of cyclic esters (lactones) is 1. The minimum absolute atomic E-state index is 0.0122. The van der Waals surface area contributed by atoms with Crippen molar-refractivity contribution < 1.29 is 76.3 Å². The molecule has 2 bridgehead atoms. The quantitative estimate of drug-likeness (QED) is 0.150. The molecule has 0 saturated carbocycles. The summed E-state index contributed by atoms with van der Waals surface area (Å²) in [5.41, 5.74) is -2.99. The van der Waals surface area contributed by atoms with E-state index in [1.54, 1.807) is 27.7 Å². The lowest BCUT2D eigenvalue weighted by Gasteiger charge is -2.49. The topological polar surface area (TPSA) is 185 Å². The highest BCUT2D eigenvalue weighted by Crippen LogP contribution is 2.54. The molecular formula is C48H73NO16S. The number of aliphatic hydroxyl groups is 1. The highest BCUT2D eigenvalue weighted by molar-refractivity contribution is 7.79. The van der Waals surface area contributed by atoms with Crippen LogP contribution in [0.1, 0.15) is 107 Å². The number of hydrogen-bond acceptors (Lipinski definition) is 18. The minimum atomic E-state index is -1.84. The maximum Gasteiger partial charge on any atom is 0.509 e. The largest absolute Gasteiger partial charge is 0.509 e. The van der Waals surface area contributed by atoms with Crippen LogP contribution in [0, 0.1) is 23.7 Å². The Morgan fingerprint density at radius 2 is 1.61 bits per heavy atom. The number of thiocarbonyl (C=S) groups is 1. The summed E-state index contributed by atoms with van der Waals surface area (Å²) in [5.74, 6) is -6.01. The smallest absolute Gasteiger partial charge is 0.458 e. The maximum absolute atomic E-state index is 14.8. The SMILES string of the molecule is CC[C@@H]1OC(=O)[C@H](C)[C@H](O[C@H]2C[C@@](C)(OC)[C@@H](OC(=O)OCc3ccccc3)[C@H](C)O2)[C@H](C)[C@@H](O[C@@H]2O[C@H](C)C[C@H](N(C)C)[C@H]2OC(C)=O)[C@]2(C)C[C@@H](C)[C@](O)(O2)[C@@H](C)[C@H]2OC(=S)O[C@]12C. The monoisotopic (exact) mass is 951 g/mol. The Morgan fingerprint density at radius 3 is 2.23 bits per heavy atom. The summed E-state index contributed by atoms with van der Waals surface area (Å²) < 4.78 is 76.4. The third-order valence-corrected chi connectivity index (χ3v) is 14.9. The van der Waals surface area contributed by atoms with Crippen molar-refractivity contribution in [3.63, 3.8) is 0 Å². The molecule has 0 amide bonds. The fraction of sp³-hybridized carbons (Fsp3) is 0.792. The number of esters is 2. The van der Waals surface area contributed by atoms with E-state index in [1.165, 1.54) is 14.0 Å². The Balaban J connectivity index is 1.40. The number of carbonyl (C=O) groups is 3. The van der Waals surface area contributed by atoms with E-state index in [4.69, 9.17) is 69.1 Å². The molecule has 5 saturated heterocycles. The van der Waals surface area contributed by atoms with Crippen LogP contribution in [-0.4, -0.2) is 145 Å². The van der Waals surface area contributed by atoms with Crippen LogP contribution in [0.25, 0.3) is 0 Å². The van der Waals surface area contributed by atoms with Crippen LogP contribution in [0.15, 0.2) is 30.3 Å². The first-order valence-corrected chi connectivity index (χ1v) is 23.7. The van der Waals surface area contributed by atoms with Gasteiger partial charge in [0.15, 0.2) is 42.3 Å². The van der Waals surface area contributed by atoms with Gasteiger partial charge in [0, 0.05) is 44.5 Å². The van der Waals surface area contributed by atoms with Crippen LogP contribution >= 0.6 is 12.2 Å². The molecular weight excluding hydrogens is 879 g/mol. The van der Waals surface area contributed by atoms with Crippen LogP contribution in [0.3, 0.4) is 0 Å². The zero-order valence-electron chi connectivity index (χ0n) is 41.0. The molecule has 18 heteroatoms. The molecule has 19 atom stereocenters. The van der Waals surface area contributed by atoms with Crippen molar-refractivity contribution in [2.45, 2.75) is 198 Å². The van der Waals surface area contributed by atoms with Crippen LogP contribution in [-0.2, 0) is 73.0 Å². The Bertz CT molecular complexity index is 1880. The second kappa shape index (κ2) is 20.4. The van der Waals surface area contributed by atoms with Gasteiger partial charge in [0.25, 0.3) is 0 Å². The predicted molar refractivity (Wildman–Crippen MR) is 240 cm³/mol. The zero-order valence-corrected chi connectivity index (χ0v) is 41.8. The molecule has 5 aliphatic rings. The highest BCUT2D eigenvalue weighted by atomic mass is 32.1. The molecule has 6 rings (SSSR count). The molecule has 1 N–H and O–H groups in total. The van der Waals surface area contributed by atoms with Crippen LogP contribution in [0.4, 0.5) is 4.79 Å². The van der Waals surface area contributed by atoms with Gasteiger partial charge in [0.05, 0.1) is 47.9 Å². The number of rotatable bonds is 11. The van der Waals surface area contributed by atoms with E-state index in [2.05, 4.69) is 0 Å². The van der Waals surface area contributed by atoms with Gasteiger partial charge in [-0.25, -0.2) is 4.79 Å². The van der Waals surface area contributed by atoms with Gasteiger partial charge >= 0.3 is 23.3 Å². The molecule has 17 nitrogen and oxygen atoms in total. The predicted octanol–water partition coefficient (Wildman–Crippen LogP) is 6.22. The van der Waals surface area contributed by atoms with Crippen molar-refractivity contribution in [1.29, 1.82) is 0 Å². The van der Waals surface area contributed by atoms with Crippen molar-refractivity contribution in [3.8, 4) is 0 Å². The molecule has 372 valence electrons. The van der Waals surface area contributed by atoms with Crippen LogP contribution < -0.4 is 0 Å². The van der Waals surface area contributed by atoms with Gasteiger partial charge in [0.2, 0.25) is 0 Å². The molecule has 0 spiro atoms. The van der Waals surface area contributed by atoms with Crippen molar-refractivity contribution in [1.82, 2.24) is 4.90 Å². The summed E-state index contributed by atoms with van der Waals surface area (Å²) in [5, 5.41) is 12.7. The summed E-state index contributed by atoms with van der Waals surface area (Å²) in [4.78, 5) is 42.6. The van der Waals surface area contributed by atoms with Gasteiger partial charge in [-0.15, -0.1) is 0 Å². The van der Waals surface area contributed by atoms with Gasteiger partial charge in [0.1, 0.15) is 18.3 Å². The first kappa shape index (κ1) is 52.2. The summed E-state index contributed by atoms with van der Waals surface area (Å²) in [7, 11) is 5.32. The molecule has 1 aromatic carbocycles. The number of nitrogens with zero attached hydrogens (tertiary/aromatic N) is 1. The molecule has 5 fully saturated rings. The van der Waals surface area contributed by atoms with Gasteiger partial charge in [-0.1, -0.05) is 58.0 Å². The Hall–Kier alpha value is -3.20. The fourth-order valence-electron chi connectivity index (χ4n) is 11.1. The summed E-state index contributed by atoms with van der Waals surface area (Å²) >= 11 is 5.47. The molecule has 0 aliphatic carbocycles. The molecule has 5 aliphatic heterocycles. The number of ether oxygens (including phenoxy) is 12. The van der Waals surface area contributed by atoms with Crippen LogP contribution in [0.2, 0.25) is 0 Å². The van der Waals surface area contributed by atoms with Crippen molar-refractivity contribution in [2.24, 2.45) is 23.7 Å². The summed E-state index contributed by atoms with van der Waals surface area (Å²) in [6.45, 7) is 19.6. The van der Waals surface area contributed by atoms with E-state index in [-0.39, 0.29) is 36.8 Å². The number of fused-ring (bicyclic) bond motifs is 3. The lowest BCUT2D eigenvalue weighted by molar-refractivity contribution is -0.337. The number of carbonyl (C=O) groups excluding carboxylic acids is 3. The third kappa shape index (κ3) is 10.5. The molecule has 66 heavy (non-hydrogen) atoms. The number of benzene rings is 1. The normalized spacial score (nSPS) is 44.1. The number of hydrogen-bond donors (Lipinski definition) is 1. The van der Waals surface area contributed by atoms with Crippen molar-refractivity contribution >= 4 is 35.5 Å². The van der Waals surface area contributed by atoms with E-state index in [9.17, 15) is 19.5 Å². The Labute approximate surface area is 394 Å². The highest BCUT2D eigenvalue weighted by Gasteiger charge is 2.66. The molecule has 0 unspecified atom stereocenters. The third-order valence-electron chi connectivity index (χ3n) is 14.7. The molecule has 5 heterocycles. The minimum Gasteiger partial charge on any atom is -0.458 e. The van der Waals surface area contributed by atoms with E-state index < -0.39 is 120 Å². The van der Waals surface area contributed by atoms with Gasteiger partial charge in [-0.3, -0.25) is 9.59 Å². The Kier molecular flexibility index (Phi) is 16.1. The van der Waals surface area contributed by atoms with Crippen molar-refractivity contribution in [3.05, 3.63) is 35.9 Å². The average Bonchev–Trinajstić information content (AvgIpc) is 3.70. The number of likely N-dealkylation sites (N-methyl/N-ethyl adjacent to an activating group) is 1. The van der Waals surface area contributed by atoms with Crippen LogP contribution in [0.5, 0.6) is 0 Å². The van der Waals surface area contributed by atoms with E-state index in [0.717, 1.165) is 5.56 Å². The molecule has 0 radical (unpaired) electrons. The Morgan fingerprint density at radius 1 is 0.924 bits per heavy atom. The summed E-state index contributed by atoms with van der Waals surface area (Å²) in [6.07, 6.45) is -8.55. The fourth-order valence-corrected chi connectivity index (χ4v) is 11.4. The van der Waals surface area contributed by atoms with Gasteiger partial charge in [-0.05, 0) is 80.5 Å². The van der Waals surface area contributed by atoms with E-state index >= 15 is 0 Å². The van der Waals surface area contributed by atoms with Gasteiger partial charge < -0.3 is 66.8 Å². The summed E-state index contributed by atoms with van der Waals surface area (Å²) in [6, 6.07) is 8.96. The maximum atomic E-state index is 14.8. The lowest BCUT2D eigenvalue weighted by atomic mass is 9.75. The lowest BCUT2D eigenvalue weighted by Crippen LogP contribution is -2.61. The van der Waals surface area contributed by atoms with Crippen molar-refractivity contribution in [2.75, 3.05) is 21.2 Å². The zero-order chi connectivity index (χ0) is 48.7. The first-order valence-electron chi connectivity index (χ1n) is 23.3. The van der Waals surface area contributed by atoms with Gasteiger partial charge in [-0.2, -0.15) is 0 Å². The number of methoxy groups -OCH3 is 1. The average molecular weight is 952 g/mol. The second-order valence-electron chi connectivity index (χ2n) is 20.0. The second-order valence-corrected chi connectivity index (χ2v) is 20.3. The van der Waals surface area contributed by atoms with E-state index in [1.807, 2.05) is 90.9 Å². The van der Waals surface area contributed by atoms with E-state index in [0.29, 0.717) is 12.8 Å².